The highest BCUT2D eigenvalue weighted by atomic mass is 32.2. The average Bonchev–Trinajstić information content (AvgIpc) is 2.32. The van der Waals surface area contributed by atoms with E-state index in [9.17, 15) is 4.39 Å². The molecular weight excluding hydrogens is 239 g/mol. The Kier molecular flexibility index (Phi) is 3.34. The first-order chi connectivity index (χ1) is 8.16. The van der Waals surface area contributed by atoms with Crippen molar-refractivity contribution >= 4 is 17.6 Å². The van der Waals surface area contributed by atoms with Crippen LogP contribution in [0.3, 0.4) is 0 Å². The second-order valence-corrected chi connectivity index (χ2v) is 4.27. The summed E-state index contributed by atoms with van der Waals surface area (Å²) in [6.07, 6.45) is 3.05. The van der Waals surface area contributed by atoms with Crippen LogP contribution in [0.2, 0.25) is 0 Å². The van der Waals surface area contributed by atoms with Crippen LogP contribution in [0.1, 0.15) is 5.56 Å². The molecule has 2 aromatic rings. The van der Waals surface area contributed by atoms with Crippen LogP contribution in [0.5, 0.6) is 0 Å². The number of benzene rings is 1. The summed E-state index contributed by atoms with van der Waals surface area (Å²) in [5.41, 5.74) is 5.78. The molecule has 0 aliphatic heterocycles. The summed E-state index contributed by atoms with van der Waals surface area (Å²) < 4.78 is 13.1. The topological polar surface area (TPSA) is 75.7 Å². The molecule has 3 N–H and O–H groups in total. The van der Waals surface area contributed by atoms with E-state index in [4.69, 9.17) is 11.1 Å². The minimum absolute atomic E-state index is 0.166. The molecule has 2 rings (SSSR count). The van der Waals surface area contributed by atoms with Gasteiger partial charge in [-0.3, -0.25) is 5.41 Å². The molecule has 0 aliphatic rings. The van der Waals surface area contributed by atoms with Gasteiger partial charge in [-0.25, -0.2) is 14.4 Å². The summed E-state index contributed by atoms with van der Waals surface area (Å²) in [5.74, 6) is -0.580. The molecule has 0 aliphatic carbocycles. The van der Waals surface area contributed by atoms with Gasteiger partial charge in [-0.15, -0.1) is 0 Å². The lowest BCUT2D eigenvalue weighted by atomic mass is 10.2. The normalized spacial score (nSPS) is 10.2. The predicted octanol–water partition coefficient (Wildman–Crippen LogP) is 2.05. The Morgan fingerprint density at radius 1 is 1.35 bits per heavy atom. The number of nitrogens with one attached hydrogen (secondary N) is 1. The fraction of sp³-hybridized carbons (Fsp3) is 0. The minimum Gasteiger partial charge on any atom is -0.384 e. The monoisotopic (exact) mass is 248 g/mol. The summed E-state index contributed by atoms with van der Waals surface area (Å²) in [7, 11) is 0. The summed E-state index contributed by atoms with van der Waals surface area (Å²) in [6, 6.07) is 5.89. The van der Waals surface area contributed by atoms with Crippen molar-refractivity contribution in [3.63, 3.8) is 0 Å². The first kappa shape index (κ1) is 11.5. The zero-order valence-electron chi connectivity index (χ0n) is 8.72. The molecular formula is C11H9FN4S. The van der Waals surface area contributed by atoms with Crippen LogP contribution < -0.4 is 5.73 Å². The van der Waals surface area contributed by atoms with Crippen LogP contribution in [-0.4, -0.2) is 15.8 Å². The van der Waals surface area contributed by atoms with Gasteiger partial charge in [0.25, 0.3) is 0 Å². The summed E-state index contributed by atoms with van der Waals surface area (Å²) in [5, 5.41) is 8.12. The summed E-state index contributed by atoms with van der Waals surface area (Å²) >= 11 is 1.31. The van der Waals surface area contributed by atoms with Crippen LogP contribution in [0.15, 0.2) is 46.7 Å². The van der Waals surface area contributed by atoms with Crippen molar-refractivity contribution in [2.45, 2.75) is 9.92 Å². The van der Waals surface area contributed by atoms with E-state index in [-0.39, 0.29) is 5.84 Å². The highest BCUT2D eigenvalue weighted by Crippen LogP contribution is 2.28. The van der Waals surface area contributed by atoms with Crippen molar-refractivity contribution in [2.24, 2.45) is 5.73 Å². The highest BCUT2D eigenvalue weighted by Gasteiger charge is 2.09. The lowest BCUT2D eigenvalue weighted by molar-refractivity contribution is 0.626. The smallest absolute Gasteiger partial charge is 0.124 e. The molecule has 0 spiro atoms. The van der Waals surface area contributed by atoms with E-state index in [1.54, 1.807) is 18.3 Å². The van der Waals surface area contributed by atoms with E-state index in [1.807, 2.05) is 0 Å². The standard InChI is InChI=1S/C11H9FN4S/c12-7-1-2-9(8(5-7)11(13)14)17-10-3-4-15-6-16-10/h1-6H,(H3,13,14). The van der Waals surface area contributed by atoms with Gasteiger partial charge in [-0.1, -0.05) is 11.8 Å². The molecule has 17 heavy (non-hydrogen) atoms. The van der Waals surface area contributed by atoms with Gasteiger partial charge in [0.2, 0.25) is 0 Å². The van der Waals surface area contributed by atoms with Crippen LogP contribution in [-0.2, 0) is 0 Å². The Hall–Kier alpha value is -1.95. The van der Waals surface area contributed by atoms with Gasteiger partial charge in [-0.05, 0) is 24.3 Å². The van der Waals surface area contributed by atoms with E-state index >= 15 is 0 Å². The van der Waals surface area contributed by atoms with Gasteiger partial charge in [0, 0.05) is 16.7 Å². The Bertz CT molecular complexity index is 544. The number of nitrogen functional groups attached to an aromatic ring is 1. The molecule has 0 unspecified atom stereocenters. The van der Waals surface area contributed by atoms with Crippen LogP contribution >= 0.6 is 11.8 Å². The van der Waals surface area contributed by atoms with Gasteiger partial charge >= 0.3 is 0 Å². The van der Waals surface area contributed by atoms with Crippen molar-refractivity contribution in [3.8, 4) is 0 Å². The lowest BCUT2D eigenvalue weighted by Crippen LogP contribution is -2.12. The fourth-order valence-electron chi connectivity index (χ4n) is 1.25. The Balaban J connectivity index is 2.36. The lowest BCUT2D eigenvalue weighted by Gasteiger charge is -2.07. The number of rotatable bonds is 3. The Morgan fingerprint density at radius 3 is 2.82 bits per heavy atom. The van der Waals surface area contributed by atoms with Gasteiger partial charge in [0.1, 0.15) is 23.0 Å². The van der Waals surface area contributed by atoms with Gasteiger partial charge < -0.3 is 5.73 Å². The molecule has 1 heterocycles. The summed E-state index contributed by atoms with van der Waals surface area (Å²) in [4.78, 5) is 8.54. The largest absolute Gasteiger partial charge is 0.384 e. The molecule has 0 saturated heterocycles. The molecule has 6 heteroatoms. The van der Waals surface area contributed by atoms with E-state index in [1.165, 1.54) is 30.2 Å². The van der Waals surface area contributed by atoms with Crippen molar-refractivity contribution in [3.05, 3.63) is 48.2 Å². The molecule has 0 radical (unpaired) electrons. The number of hydrogen-bond acceptors (Lipinski definition) is 4. The van der Waals surface area contributed by atoms with Crippen LogP contribution in [0.25, 0.3) is 0 Å². The molecule has 1 aromatic carbocycles. The SMILES string of the molecule is N=C(N)c1cc(F)ccc1Sc1ccncn1. The quantitative estimate of drug-likeness (QED) is 0.495. The molecule has 0 amide bonds. The molecule has 86 valence electrons. The molecule has 0 atom stereocenters. The number of nitrogens with zero attached hydrogens (tertiary/aromatic N) is 2. The third kappa shape index (κ3) is 2.79. The highest BCUT2D eigenvalue weighted by molar-refractivity contribution is 7.99. The first-order valence-electron chi connectivity index (χ1n) is 4.74. The van der Waals surface area contributed by atoms with Gasteiger partial charge in [0.15, 0.2) is 0 Å². The number of nitrogens with two attached hydrogens (primary N) is 1. The maximum atomic E-state index is 13.1. The zero-order chi connectivity index (χ0) is 12.3. The van der Waals surface area contributed by atoms with E-state index < -0.39 is 5.82 Å². The van der Waals surface area contributed by atoms with Crippen LogP contribution in [0, 0.1) is 11.2 Å². The molecule has 0 saturated carbocycles. The number of aromatic nitrogens is 2. The van der Waals surface area contributed by atoms with Crippen molar-refractivity contribution < 1.29 is 4.39 Å². The molecule has 0 bridgehead atoms. The van der Waals surface area contributed by atoms with Crippen LogP contribution in [0.4, 0.5) is 4.39 Å². The molecule has 4 nitrogen and oxygen atoms in total. The number of hydrogen-bond donors (Lipinski definition) is 2. The Labute approximate surface area is 102 Å². The number of amidine groups is 1. The number of halogens is 1. The third-order valence-electron chi connectivity index (χ3n) is 2.00. The van der Waals surface area contributed by atoms with E-state index in [2.05, 4.69) is 9.97 Å². The van der Waals surface area contributed by atoms with E-state index in [0.717, 1.165) is 0 Å². The maximum Gasteiger partial charge on any atom is 0.124 e. The third-order valence-corrected chi connectivity index (χ3v) is 3.03. The summed E-state index contributed by atoms with van der Waals surface area (Å²) in [6.45, 7) is 0. The molecule has 1 aromatic heterocycles. The first-order valence-corrected chi connectivity index (χ1v) is 5.56. The second-order valence-electron chi connectivity index (χ2n) is 3.20. The Morgan fingerprint density at radius 2 is 2.18 bits per heavy atom. The van der Waals surface area contributed by atoms with Gasteiger partial charge in [0.05, 0.1) is 0 Å². The second kappa shape index (κ2) is 4.92. The average molecular weight is 248 g/mol. The van der Waals surface area contributed by atoms with Crippen molar-refractivity contribution in [1.29, 1.82) is 5.41 Å². The minimum atomic E-state index is -0.415. The van der Waals surface area contributed by atoms with E-state index in [0.29, 0.717) is 15.5 Å². The molecule has 0 fully saturated rings. The van der Waals surface area contributed by atoms with Crippen molar-refractivity contribution in [2.75, 3.05) is 0 Å². The maximum absolute atomic E-state index is 13.1. The fourth-order valence-corrected chi connectivity index (χ4v) is 2.12. The van der Waals surface area contributed by atoms with Gasteiger partial charge in [-0.2, -0.15) is 0 Å². The van der Waals surface area contributed by atoms with Crippen molar-refractivity contribution in [1.82, 2.24) is 9.97 Å². The predicted molar refractivity (Wildman–Crippen MR) is 63.6 cm³/mol. The zero-order valence-corrected chi connectivity index (χ0v) is 9.54.